The second-order valence-corrected chi connectivity index (χ2v) is 4.90. The van der Waals surface area contributed by atoms with Gasteiger partial charge < -0.3 is 5.32 Å². The molecule has 2 nitrogen and oxygen atoms in total. The van der Waals surface area contributed by atoms with E-state index < -0.39 is 0 Å². The van der Waals surface area contributed by atoms with Crippen molar-refractivity contribution in [3.05, 3.63) is 66.0 Å². The first-order valence-electron chi connectivity index (χ1n) is 7.03. The molecule has 0 radical (unpaired) electrons. The lowest BCUT2D eigenvalue weighted by Gasteiger charge is -2.13. The quantitative estimate of drug-likeness (QED) is 0.761. The summed E-state index contributed by atoms with van der Waals surface area (Å²) in [6.07, 6.45) is 7.32. The van der Waals surface area contributed by atoms with Crippen molar-refractivity contribution in [1.82, 2.24) is 10.3 Å². The first-order chi connectivity index (χ1) is 9.36. The SMILES string of the molecule is C[C@H](NCCCCc1ccccc1)c1ccncc1. The molecule has 0 fully saturated rings. The van der Waals surface area contributed by atoms with Crippen LogP contribution in [0.4, 0.5) is 0 Å². The van der Waals surface area contributed by atoms with Gasteiger partial charge in [-0.15, -0.1) is 0 Å². The van der Waals surface area contributed by atoms with Crippen LogP contribution in [0.25, 0.3) is 0 Å². The molecule has 2 heteroatoms. The summed E-state index contributed by atoms with van der Waals surface area (Å²) in [6.45, 7) is 3.27. The van der Waals surface area contributed by atoms with Crippen LogP contribution >= 0.6 is 0 Å². The third-order valence-electron chi connectivity index (χ3n) is 3.39. The normalized spacial score (nSPS) is 12.3. The molecule has 1 heterocycles. The van der Waals surface area contributed by atoms with Crippen LogP contribution in [0.2, 0.25) is 0 Å². The number of pyridine rings is 1. The number of aromatic nitrogens is 1. The van der Waals surface area contributed by atoms with E-state index in [0.717, 1.165) is 6.54 Å². The van der Waals surface area contributed by atoms with Crippen LogP contribution in [0.3, 0.4) is 0 Å². The third kappa shape index (κ3) is 4.84. The van der Waals surface area contributed by atoms with Crippen molar-refractivity contribution < 1.29 is 0 Å². The van der Waals surface area contributed by atoms with Crippen LogP contribution in [0.1, 0.15) is 36.9 Å². The highest BCUT2D eigenvalue weighted by molar-refractivity contribution is 5.15. The van der Waals surface area contributed by atoms with E-state index in [0.29, 0.717) is 6.04 Å². The Morgan fingerprint density at radius 2 is 1.74 bits per heavy atom. The largest absolute Gasteiger partial charge is 0.310 e. The van der Waals surface area contributed by atoms with Gasteiger partial charge in [-0.2, -0.15) is 0 Å². The molecule has 0 aliphatic rings. The number of hydrogen-bond donors (Lipinski definition) is 1. The van der Waals surface area contributed by atoms with E-state index in [9.17, 15) is 0 Å². The second-order valence-electron chi connectivity index (χ2n) is 4.90. The summed E-state index contributed by atoms with van der Waals surface area (Å²) in [5.74, 6) is 0. The standard InChI is InChI=1S/C17H22N2/c1-15(17-10-13-18-14-11-17)19-12-6-5-9-16-7-3-2-4-8-16/h2-4,7-8,10-11,13-15,19H,5-6,9,12H2,1H3/t15-/m0/s1. The van der Waals surface area contributed by atoms with Crippen LogP contribution in [0.5, 0.6) is 0 Å². The smallest absolute Gasteiger partial charge is 0.0292 e. The van der Waals surface area contributed by atoms with Crippen molar-refractivity contribution in [2.45, 2.75) is 32.2 Å². The Hall–Kier alpha value is -1.67. The fourth-order valence-electron chi connectivity index (χ4n) is 2.19. The van der Waals surface area contributed by atoms with Gasteiger partial charge in [-0.1, -0.05) is 30.3 Å². The van der Waals surface area contributed by atoms with E-state index in [1.54, 1.807) is 0 Å². The average Bonchev–Trinajstić information content (AvgIpc) is 2.49. The van der Waals surface area contributed by atoms with E-state index in [1.807, 2.05) is 12.4 Å². The van der Waals surface area contributed by atoms with Crippen LogP contribution in [0.15, 0.2) is 54.9 Å². The van der Waals surface area contributed by atoms with E-state index in [1.165, 1.54) is 30.4 Å². The highest BCUT2D eigenvalue weighted by atomic mass is 14.9. The molecule has 1 N–H and O–H groups in total. The molecule has 2 aromatic rings. The number of nitrogens with zero attached hydrogens (tertiary/aromatic N) is 1. The number of aryl methyl sites for hydroxylation is 1. The molecule has 1 aromatic carbocycles. The summed E-state index contributed by atoms with van der Waals surface area (Å²) in [5.41, 5.74) is 2.74. The summed E-state index contributed by atoms with van der Waals surface area (Å²) >= 11 is 0. The molecule has 1 aromatic heterocycles. The van der Waals surface area contributed by atoms with E-state index in [4.69, 9.17) is 0 Å². The van der Waals surface area contributed by atoms with Crippen LogP contribution in [-0.2, 0) is 6.42 Å². The van der Waals surface area contributed by atoms with Crippen molar-refractivity contribution >= 4 is 0 Å². The Kier molecular flexibility index (Phi) is 5.57. The Morgan fingerprint density at radius 3 is 2.47 bits per heavy atom. The Bertz CT molecular complexity index is 453. The molecule has 0 saturated heterocycles. The molecule has 0 saturated carbocycles. The fourth-order valence-corrected chi connectivity index (χ4v) is 2.19. The number of rotatable bonds is 7. The van der Waals surface area contributed by atoms with Crippen LogP contribution in [-0.4, -0.2) is 11.5 Å². The van der Waals surface area contributed by atoms with Gasteiger partial charge in [0.05, 0.1) is 0 Å². The number of benzene rings is 1. The molecule has 1 atom stereocenters. The minimum atomic E-state index is 0.403. The van der Waals surface area contributed by atoms with Crippen molar-refractivity contribution in [3.63, 3.8) is 0 Å². The maximum Gasteiger partial charge on any atom is 0.0292 e. The topological polar surface area (TPSA) is 24.9 Å². The van der Waals surface area contributed by atoms with Crippen molar-refractivity contribution in [3.8, 4) is 0 Å². The van der Waals surface area contributed by atoms with Gasteiger partial charge in [0, 0.05) is 18.4 Å². The van der Waals surface area contributed by atoms with E-state index in [-0.39, 0.29) is 0 Å². The average molecular weight is 254 g/mol. The summed E-state index contributed by atoms with van der Waals surface area (Å²) in [5, 5.41) is 3.56. The van der Waals surface area contributed by atoms with Gasteiger partial charge in [-0.25, -0.2) is 0 Å². The number of hydrogen-bond acceptors (Lipinski definition) is 2. The molecule has 0 bridgehead atoms. The Morgan fingerprint density at radius 1 is 1.00 bits per heavy atom. The second kappa shape index (κ2) is 7.70. The van der Waals surface area contributed by atoms with Crippen molar-refractivity contribution in [2.24, 2.45) is 0 Å². The lowest BCUT2D eigenvalue weighted by atomic mass is 10.1. The van der Waals surface area contributed by atoms with E-state index in [2.05, 4.69) is 59.7 Å². The molecule has 0 unspecified atom stereocenters. The molecular weight excluding hydrogens is 232 g/mol. The number of unbranched alkanes of at least 4 members (excludes halogenated alkanes) is 1. The predicted molar refractivity (Wildman–Crippen MR) is 80.0 cm³/mol. The first kappa shape index (κ1) is 13.8. The molecule has 0 spiro atoms. The molecule has 19 heavy (non-hydrogen) atoms. The molecule has 0 aliphatic carbocycles. The summed E-state index contributed by atoms with van der Waals surface area (Å²) in [7, 11) is 0. The van der Waals surface area contributed by atoms with Crippen molar-refractivity contribution in [2.75, 3.05) is 6.54 Å². The zero-order chi connectivity index (χ0) is 13.3. The Balaban J connectivity index is 1.62. The predicted octanol–water partition coefficient (Wildman–Crippen LogP) is 3.76. The zero-order valence-corrected chi connectivity index (χ0v) is 11.5. The zero-order valence-electron chi connectivity index (χ0n) is 11.5. The van der Waals surface area contributed by atoms with Gasteiger partial charge in [-0.3, -0.25) is 4.98 Å². The Labute approximate surface area is 115 Å². The minimum Gasteiger partial charge on any atom is -0.310 e. The molecule has 0 amide bonds. The fraction of sp³-hybridized carbons (Fsp3) is 0.353. The van der Waals surface area contributed by atoms with Gasteiger partial charge in [0.2, 0.25) is 0 Å². The summed E-state index contributed by atoms with van der Waals surface area (Å²) < 4.78 is 0. The van der Waals surface area contributed by atoms with Crippen LogP contribution < -0.4 is 5.32 Å². The lowest BCUT2D eigenvalue weighted by molar-refractivity contribution is 0.546. The van der Waals surface area contributed by atoms with Crippen molar-refractivity contribution in [1.29, 1.82) is 0 Å². The molecule has 2 rings (SSSR count). The summed E-state index contributed by atoms with van der Waals surface area (Å²) in [6, 6.07) is 15.2. The van der Waals surface area contributed by atoms with Gasteiger partial charge >= 0.3 is 0 Å². The molecule has 0 aliphatic heterocycles. The first-order valence-corrected chi connectivity index (χ1v) is 7.03. The van der Waals surface area contributed by atoms with Gasteiger partial charge in [0.1, 0.15) is 0 Å². The lowest BCUT2D eigenvalue weighted by Crippen LogP contribution is -2.19. The van der Waals surface area contributed by atoms with Gasteiger partial charge in [0.15, 0.2) is 0 Å². The minimum absolute atomic E-state index is 0.403. The maximum atomic E-state index is 4.04. The molecule has 100 valence electrons. The highest BCUT2D eigenvalue weighted by Gasteiger charge is 2.02. The van der Waals surface area contributed by atoms with Crippen LogP contribution in [0, 0.1) is 0 Å². The van der Waals surface area contributed by atoms with Gasteiger partial charge in [-0.05, 0) is 56.0 Å². The third-order valence-corrected chi connectivity index (χ3v) is 3.39. The monoisotopic (exact) mass is 254 g/mol. The van der Waals surface area contributed by atoms with Gasteiger partial charge in [0.25, 0.3) is 0 Å². The maximum absolute atomic E-state index is 4.04. The van der Waals surface area contributed by atoms with E-state index >= 15 is 0 Å². The highest BCUT2D eigenvalue weighted by Crippen LogP contribution is 2.10. The summed E-state index contributed by atoms with van der Waals surface area (Å²) in [4.78, 5) is 4.04. The molecular formula is C17H22N2. The number of nitrogens with one attached hydrogen (secondary N) is 1.